The van der Waals surface area contributed by atoms with E-state index in [4.69, 9.17) is 26.9 Å². The molecule has 7 nitrogen and oxygen atoms in total. The minimum atomic E-state index is 0.521. The fourth-order valence-electron chi connectivity index (χ4n) is 4.67. The number of rotatable bonds is 6. The molecular weight excluding hydrogens is 432 g/mol. The highest BCUT2D eigenvalue weighted by Crippen LogP contribution is 2.28. The molecule has 0 bridgehead atoms. The van der Waals surface area contributed by atoms with Crippen LogP contribution in [0.2, 0.25) is 0 Å². The highest BCUT2D eigenvalue weighted by Gasteiger charge is 2.23. The normalized spacial score (nSPS) is 20.9. The van der Waals surface area contributed by atoms with Crippen molar-refractivity contribution in [3.8, 4) is 5.75 Å². The average molecular weight is 469 g/mol. The van der Waals surface area contributed by atoms with Crippen LogP contribution < -0.4 is 25.2 Å². The summed E-state index contributed by atoms with van der Waals surface area (Å²) in [4.78, 5) is 14.5. The van der Waals surface area contributed by atoms with Crippen LogP contribution in [0.4, 0.5) is 17.6 Å². The van der Waals surface area contributed by atoms with Crippen LogP contribution in [0.1, 0.15) is 45.1 Å². The van der Waals surface area contributed by atoms with Crippen molar-refractivity contribution in [1.82, 2.24) is 15.3 Å². The fraction of sp³-hybridized carbons (Fsp3) is 0.560. The van der Waals surface area contributed by atoms with Gasteiger partial charge < -0.3 is 25.2 Å². The molecule has 2 atom stereocenters. The van der Waals surface area contributed by atoms with Crippen molar-refractivity contribution in [2.45, 2.75) is 46.1 Å². The Hall–Kier alpha value is -2.61. The third-order valence-corrected chi connectivity index (χ3v) is 6.74. The predicted octanol–water partition coefficient (Wildman–Crippen LogP) is 4.44. The van der Waals surface area contributed by atoms with Gasteiger partial charge in [0.2, 0.25) is 5.95 Å². The van der Waals surface area contributed by atoms with Crippen LogP contribution in [0.5, 0.6) is 5.75 Å². The summed E-state index contributed by atoms with van der Waals surface area (Å²) < 4.78 is 5.23. The fourth-order valence-corrected chi connectivity index (χ4v) is 4.83. The number of thiocarbonyl (C=S) groups is 1. The molecule has 2 N–H and O–H groups in total. The van der Waals surface area contributed by atoms with Crippen LogP contribution in [0.25, 0.3) is 0 Å². The van der Waals surface area contributed by atoms with E-state index in [1.54, 1.807) is 7.11 Å². The van der Waals surface area contributed by atoms with Crippen LogP contribution in [0.15, 0.2) is 30.3 Å². The van der Waals surface area contributed by atoms with Gasteiger partial charge in [-0.1, -0.05) is 26.0 Å². The van der Waals surface area contributed by atoms with E-state index in [-0.39, 0.29) is 0 Å². The summed E-state index contributed by atoms with van der Waals surface area (Å²) in [6.07, 6.45) is 4.96. The lowest BCUT2D eigenvalue weighted by Crippen LogP contribution is -2.37. The monoisotopic (exact) mass is 468 g/mol. The zero-order valence-electron chi connectivity index (χ0n) is 20.0. The molecule has 1 aromatic carbocycles. The number of ether oxygens (including phenoxy) is 1. The molecule has 8 heteroatoms. The second-order valence-electron chi connectivity index (χ2n) is 9.45. The second-order valence-corrected chi connectivity index (χ2v) is 9.86. The van der Waals surface area contributed by atoms with E-state index in [1.165, 1.54) is 25.7 Å². The molecule has 178 valence electrons. The molecule has 0 spiro atoms. The highest BCUT2D eigenvalue weighted by molar-refractivity contribution is 7.80. The van der Waals surface area contributed by atoms with Crippen LogP contribution in [0.3, 0.4) is 0 Å². The van der Waals surface area contributed by atoms with Crippen molar-refractivity contribution in [3.63, 3.8) is 0 Å². The molecule has 2 aliphatic rings. The minimum absolute atomic E-state index is 0.521. The number of hydrogen-bond donors (Lipinski definition) is 2. The molecule has 3 heterocycles. The molecule has 0 saturated carbocycles. The quantitative estimate of drug-likeness (QED) is 0.603. The summed E-state index contributed by atoms with van der Waals surface area (Å²) in [5.41, 5.74) is 1.12. The molecule has 0 amide bonds. The lowest BCUT2D eigenvalue weighted by Gasteiger charge is -2.35. The first-order valence-corrected chi connectivity index (χ1v) is 12.5. The topological polar surface area (TPSA) is 65.6 Å². The number of anilines is 3. The van der Waals surface area contributed by atoms with Gasteiger partial charge in [0.1, 0.15) is 17.4 Å². The van der Waals surface area contributed by atoms with Crippen molar-refractivity contribution < 1.29 is 4.74 Å². The Kier molecular flexibility index (Phi) is 7.85. The van der Waals surface area contributed by atoms with Crippen molar-refractivity contribution in [3.05, 3.63) is 35.9 Å². The molecule has 4 rings (SSSR count). The molecule has 2 saturated heterocycles. The van der Waals surface area contributed by atoms with Crippen LogP contribution in [-0.4, -0.2) is 48.4 Å². The standard InChI is InChI=1S/C25H36N6OS/c1-18-6-4-12-30(16-18)22-14-23(31-13-5-7-19(2)17-31)28-24(27-22)29-25(33)26-15-20-8-10-21(32-3)11-9-20/h8-11,14,18-19H,4-7,12-13,15-17H2,1-3H3,(H2,26,27,28,29,33). The summed E-state index contributed by atoms with van der Waals surface area (Å²) >= 11 is 5.57. The van der Waals surface area contributed by atoms with E-state index < -0.39 is 0 Å². The van der Waals surface area contributed by atoms with Gasteiger partial charge in [0.15, 0.2) is 5.11 Å². The first-order chi connectivity index (χ1) is 16.0. The number of nitrogens with one attached hydrogen (secondary N) is 2. The van der Waals surface area contributed by atoms with E-state index in [0.29, 0.717) is 29.4 Å². The highest BCUT2D eigenvalue weighted by atomic mass is 32.1. The van der Waals surface area contributed by atoms with E-state index in [0.717, 1.165) is 49.1 Å². The number of piperidine rings is 2. The molecular formula is C25H36N6OS. The summed E-state index contributed by atoms with van der Waals surface area (Å²) in [6.45, 7) is 9.40. The Morgan fingerprint density at radius 3 is 2.09 bits per heavy atom. The molecule has 2 aromatic rings. The molecule has 1 aromatic heterocycles. The van der Waals surface area contributed by atoms with Crippen molar-refractivity contribution >= 4 is 34.9 Å². The van der Waals surface area contributed by atoms with Gasteiger partial charge in [-0.05, 0) is 67.4 Å². The zero-order valence-corrected chi connectivity index (χ0v) is 20.8. The van der Waals surface area contributed by atoms with E-state index >= 15 is 0 Å². The number of aromatic nitrogens is 2. The lowest BCUT2D eigenvalue weighted by molar-refractivity contribution is 0.414. The zero-order chi connectivity index (χ0) is 23.2. The number of methoxy groups -OCH3 is 1. The van der Waals surface area contributed by atoms with E-state index in [9.17, 15) is 0 Å². The number of hydrogen-bond acceptors (Lipinski definition) is 6. The van der Waals surface area contributed by atoms with Crippen molar-refractivity contribution in [2.75, 3.05) is 48.4 Å². The predicted molar refractivity (Wildman–Crippen MR) is 139 cm³/mol. The van der Waals surface area contributed by atoms with E-state index in [1.807, 2.05) is 24.3 Å². The summed E-state index contributed by atoms with van der Waals surface area (Å²) in [5, 5.41) is 7.03. The van der Waals surface area contributed by atoms with Crippen molar-refractivity contribution in [1.29, 1.82) is 0 Å². The van der Waals surface area contributed by atoms with Gasteiger partial charge in [0.05, 0.1) is 7.11 Å². The molecule has 2 unspecified atom stereocenters. The third kappa shape index (κ3) is 6.47. The Morgan fingerprint density at radius 2 is 1.58 bits per heavy atom. The Bertz CT molecular complexity index is 897. The van der Waals surface area contributed by atoms with Gasteiger partial charge in [-0.2, -0.15) is 9.97 Å². The first kappa shape index (κ1) is 23.5. The Balaban J connectivity index is 1.48. The van der Waals surface area contributed by atoms with Gasteiger partial charge in [0, 0.05) is 38.8 Å². The number of nitrogens with zero attached hydrogens (tertiary/aromatic N) is 4. The maximum Gasteiger partial charge on any atom is 0.232 e. The van der Waals surface area contributed by atoms with Gasteiger partial charge in [-0.3, -0.25) is 0 Å². The second kappa shape index (κ2) is 11.0. The van der Waals surface area contributed by atoms with Gasteiger partial charge >= 0.3 is 0 Å². The summed E-state index contributed by atoms with van der Waals surface area (Å²) in [6, 6.07) is 10.1. The molecule has 2 aliphatic heterocycles. The maximum atomic E-state index is 5.57. The Labute approximate surface area is 202 Å². The van der Waals surface area contributed by atoms with Gasteiger partial charge in [0.25, 0.3) is 0 Å². The van der Waals surface area contributed by atoms with E-state index in [2.05, 4.69) is 40.3 Å². The third-order valence-electron chi connectivity index (χ3n) is 6.50. The van der Waals surface area contributed by atoms with Crippen LogP contribution in [-0.2, 0) is 6.54 Å². The SMILES string of the molecule is COc1ccc(CNC(=S)Nc2nc(N3CCCC(C)C3)cc(N3CCCC(C)C3)n2)cc1. The molecule has 33 heavy (non-hydrogen) atoms. The van der Waals surface area contributed by atoms with Gasteiger partial charge in [-0.25, -0.2) is 0 Å². The number of benzene rings is 1. The molecule has 0 radical (unpaired) electrons. The Morgan fingerprint density at radius 1 is 1.00 bits per heavy atom. The van der Waals surface area contributed by atoms with Gasteiger partial charge in [-0.15, -0.1) is 0 Å². The summed E-state index contributed by atoms with van der Waals surface area (Å²) in [5.74, 6) is 4.74. The van der Waals surface area contributed by atoms with Crippen molar-refractivity contribution in [2.24, 2.45) is 11.8 Å². The molecule has 0 aliphatic carbocycles. The summed E-state index contributed by atoms with van der Waals surface area (Å²) in [7, 11) is 1.67. The minimum Gasteiger partial charge on any atom is -0.497 e. The average Bonchev–Trinajstić information content (AvgIpc) is 2.83. The first-order valence-electron chi connectivity index (χ1n) is 12.1. The smallest absolute Gasteiger partial charge is 0.232 e. The lowest BCUT2D eigenvalue weighted by atomic mass is 10.00. The molecule has 2 fully saturated rings. The maximum absolute atomic E-state index is 5.57. The largest absolute Gasteiger partial charge is 0.497 e. The van der Waals surface area contributed by atoms with Crippen LogP contribution in [0, 0.1) is 11.8 Å². The van der Waals surface area contributed by atoms with Crippen LogP contribution >= 0.6 is 12.2 Å².